The molecule has 21 fully saturated rings. The van der Waals surface area contributed by atoms with Crippen molar-refractivity contribution in [3.05, 3.63) is 0 Å². The highest BCUT2D eigenvalue weighted by atomic mass is 16.8. The van der Waals surface area contributed by atoms with E-state index in [0.29, 0.717) is 0 Å². The van der Waals surface area contributed by atoms with Gasteiger partial charge in [-0.3, -0.25) is 0 Å². The molecule has 0 aromatic heterocycles. The Morgan fingerprint density at radius 1 is 0.259 bits per heavy atom. The predicted octanol–water partition coefficient (Wildman–Crippen LogP) is -15.3. The molecule has 21 saturated heterocycles. The molecule has 0 aromatic carbocycles. The van der Waals surface area contributed by atoms with Crippen LogP contribution in [0.1, 0.15) is 6.92 Å². The van der Waals surface area contributed by atoms with E-state index >= 15 is 0 Å². The molecule has 0 amide bonds. The minimum Gasteiger partial charge on any atom is -0.394 e. The number of aliphatic hydroxyl groups excluding tert-OH is 21. The minimum atomic E-state index is -2.21. The number of aliphatic hydroxyl groups is 21. The van der Waals surface area contributed by atoms with Gasteiger partial charge in [0.2, 0.25) is 0 Å². The second-order valence-electron chi connectivity index (χ2n) is 21.0. The molecule has 81 heavy (non-hydrogen) atoms. The van der Waals surface area contributed by atoms with E-state index in [1.807, 2.05) is 0 Å². The van der Waals surface area contributed by atoms with E-state index in [4.69, 9.17) is 66.3 Å². The van der Waals surface area contributed by atoms with Crippen LogP contribution in [0.2, 0.25) is 0 Å². The summed E-state index contributed by atoms with van der Waals surface area (Å²) in [5.74, 6) is 0. The Morgan fingerprint density at radius 2 is 0.420 bits per heavy atom. The van der Waals surface area contributed by atoms with Crippen LogP contribution >= 0.6 is 0 Å². The van der Waals surface area contributed by atoms with Gasteiger partial charge in [-0.2, -0.15) is 0 Å². The van der Waals surface area contributed by atoms with Crippen LogP contribution in [-0.4, -0.2) is 381 Å². The maximum absolute atomic E-state index is 11.6. The summed E-state index contributed by atoms with van der Waals surface area (Å²) < 4.78 is 80.7. The molecule has 0 unspecified atom stereocenters. The maximum Gasteiger partial charge on any atom is 0.187 e. The lowest BCUT2D eigenvalue weighted by Gasteiger charge is -2.50. The van der Waals surface area contributed by atoms with Crippen LogP contribution in [0.4, 0.5) is 0 Å². The molecular weight excluding hydrogens is 1110 g/mol. The molecule has 0 aromatic rings. The SMILES string of the molecule is C[C@H](O)CNC[C@@H]1O[C@@H]2O[C@H]3[C@H](O)[C@H](O)[C@@H](O[C@H]4[C@@H](O)[C@H](O)[C@@H](O[C@H]5[C@H](O)[C@@H](O)[C@@H](O[C@H]6[C@H](O)[C@@H](O)[C@@H](O[C@H]7[C@H](O)[C@@H](O)[C@@H](O[C@H]8[C@H](O)[C@@H](O)[C@@H](O[C@H]1[C@H](O)[C@H]2O)O[C@H]8CO)O[C@H]7CO)O[C@H]6CO)O[C@@H]5CO)O[C@@H]4CO)O[C@@H]3CO. The molecule has 472 valence electrons. The van der Waals surface area contributed by atoms with Gasteiger partial charge in [0.25, 0.3) is 0 Å². The molecule has 36 nitrogen and oxygen atoms in total. The monoisotopic (exact) mass is 1190 g/mol. The average Bonchev–Trinajstić information content (AvgIpc) is 3.45. The van der Waals surface area contributed by atoms with Crippen molar-refractivity contribution in [3.63, 3.8) is 0 Å². The van der Waals surface area contributed by atoms with Crippen molar-refractivity contribution in [1.29, 1.82) is 0 Å². The van der Waals surface area contributed by atoms with Gasteiger partial charge in [-0.15, -0.1) is 0 Å². The lowest BCUT2D eigenvalue weighted by Crippen LogP contribution is -2.68. The van der Waals surface area contributed by atoms with Crippen LogP contribution in [0.25, 0.3) is 0 Å². The third-order valence-corrected chi connectivity index (χ3v) is 15.4. The number of ether oxygens (including phenoxy) is 14. The van der Waals surface area contributed by atoms with Crippen LogP contribution in [0.3, 0.4) is 0 Å². The van der Waals surface area contributed by atoms with Crippen LogP contribution < -0.4 is 5.32 Å². The van der Waals surface area contributed by atoms with Gasteiger partial charge < -0.3 is 179 Å². The zero-order chi connectivity index (χ0) is 59.0. The van der Waals surface area contributed by atoms with Crippen LogP contribution in [-0.2, 0) is 66.3 Å². The van der Waals surface area contributed by atoms with Crippen molar-refractivity contribution in [1.82, 2.24) is 5.32 Å². The van der Waals surface area contributed by atoms with Gasteiger partial charge in [0, 0.05) is 13.1 Å². The van der Waals surface area contributed by atoms with Crippen molar-refractivity contribution in [2.75, 3.05) is 52.7 Å². The van der Waals surface area contributed by atoms with E-state index in [-0.39, 0.29) is 13.1 Å². The maximum atomic E-state index is 11.6. The summed E-state index contributed by atoms with van der Waals surface area (Å²) in [6.45, 7) is -5.31. The first-order valence-electron chi connectivity index (χ1n) is 26.3. The molecule has 21 heterocycles. The van der Waals surface area contributed by atoms with Gasteiger partial charge in [0.05, 0.1) is 45.7 Å². The van der Waals surface area contributed by atoms with Gasteiger partial charge >= 0.3 is 0 Å². The molecule has 36 atom stereocenters. The Balaban J connectivity index is 1.09. The molecule has 0 radical (unpaired) electrons. The van der Waals surface area contributed by atoms with Crippen molar-refractivity contribution in [2.24, 2.45) is 0 Å². The molecule has 36 heteroatoms. The van der Waals surface area contributed by atoms with E-state index < -0.39 is 261 Å². The molecule has 21 aliphatic heterocycles. The van der Waals surface area contributed by atoms with Crippen LogP contribution in [0, 0.1) is 0 Å². The van der Waals surface area contributed by atoms with Gasteiger partial charge in [-0.05, 0) is 6.92 Å². The Kier molecular flexibility index (Phi) is 22.8. The van der Waals surface area contributed by atoms with E-state index in [9.17, 15) is 107 Å². The molecule has 22 N–H and O–H groups in total. The molecular formula is C45H77NO35. The summed E-state index contributed by atoms with van der Waals surface area (Å²) in [7, 11) is 0. The van der Waals surface area contributed by atoms with Gasteiger partial charge in [-0.1, -0.05) is 0 Å². The lowest BCUT2D eigenvalue weighted by molar-refractivity contribution is -0.396. The molecule has 21 aliphatic rings. The van der Waals surface area contributed by atoms with Crippen molar-refractivity contribution in [2.45, 2.75) is 228 Å². The van der Waals surface area contributed by atoms with E-state index in [2.05, 4.69) is 5.32 Å². The predicted molar refractivity (Wildman–Crippen MR) is 246 cm³/mol. The first kappa shape index (κ1) is 65.5. The quantitative estimate of drug-likeness (QED) is 0.0966. The largest absolute Gasteiger partial charge is 0.394 e. The van der Waals surface area contributed by atoms with Crippen molar-refractivity contribution < 1.29 is 174 Å². The molecule has 0 spiro atoms. The number of hydrogen-bond donors (Lipinski definition) is 22. The summed E-state index contributed by atoms with van der Waals surface area (Å²) in [5, 5.41) is 235. The second-order valence-corrected chi connectivity index (χ2v) is 21.0. The number of hydrogen-bond acceptors (Lipinski definition) is 36. The summed E-state index contributed by atoms with van der Waals surface area (Å²) in [6.07, 6.45) is -70.7. The highest BCUT2D eigenvalue weighted by Gasteiger charge is 2.59. The standard InChI is InChI=1S/C45H77NO35/c1-10(53)2-46-3-11-32-18(54)25(61)39(68-11)76-33-12(4-47)70-41(27(63)20(33)56)78-35-14(6-49)72-43(29(65)22(35)58)80-37-16(8-51)74-45(31(67)24(37)60)81-38-17(9-52)73-44(30(66)23(38)59)79-36-15(7-50)71-42(28(64)21(36)57)77-34-13(5-48)69-40(75-32)26(62)19(34)55/h10-67H,2-9H2,1H3/t10-,11-,12+,13-,14+,15-,16+,17-,18+,19+,20+,21+,22-,23+,24+,25+,26+,27-,28+,29-,30+,31+,32+,33+,34+,35+,36+,37+,38+,39+,40+,41+,42+,43+,44+,45+/m0/s1. The Bertz CT molecular complexity index is 1910. The van der Waals surface area contributed by atoms with Crippen LogP contribution in [0.15, 0.2) is 0 Å². The Morgan fingerprint density at radius 3 is 0.580 bits per heavy atom. The zero-order valence-electron chi connectivity index (χ0n) is 43.0. The zero-order valence-corrected chi connectivity index (χ0v) is 43.0. The first-order valence-corrected chi connectivity index (χ1v) is 26.3. The highest BCUT2D eigenvalue weighted by Crippen LogP contribution is 2.39. The molecule has 0 aliphatic carbocycles. The summed E-state index contributed by atoms with van der Waals surface area (Å²) in [4.78, 5) is 0. The fourth-order valence-corrected chi connectivity index (χ4v) is 10.9. The van der Waals surface area contributed by atoms with Gasteiger partial charge in [0.1, 0.15) is 171 Å². The Hall–Kier alpha value is -1.44. The highest BCUT2D eigenvalue weighted by molar-refractivity contribution is 5.02. The van der Waals surface area contributed by atoms with Crippen molar-refractivity contribution in [3.8, 4) is 0 Å². The fourth-order valence-electron chi connectivity index (χ4n) is 10.9. The summed E-state index contributed by atoms with van der Waals surface area (Å²) >= 11 is 0. The average molecular weight is 1190 g/mol. The second kappa shape index (κ2) is 28.2. The minimum absolute atomic E-state index is 0.109. The van der Waals surface area contributed by atoms with Crippen LogP contribution in [0.5, 0.6) is 0 Å². The smallest absolute Gasteiger partial charge is 0.187 e. The normalized spacial score (nSPS) is 53.6. The first-order chi connectivity index (χ1) is 38.5. The molecule has 14 bridgehead atoms. The number of nitrogens with one attached hydrogen (secondary N) is 1. The van der Waals surface area contributed by atoms with Gasteiger partial charge in [0.15, 0.2) is 44.0 Å². The fraction of sp³-hybridized carbons (Fsp3) is 1.00. The summed E-state index contributed by atoms with van der Waals surface area (Å²) in [5.41, 5.74) is 0. The molecule has 0 saturated carbocycles. The Labute approximate surface area is 459 Å². The topological polar surface area (TPSA) is 566 Å². The van der Waals surface area contributed by atoms with E-state index in [1.165, 1.54) is 6.92 Å². The van der Waals surface area contributed by atoms with E-state index in [0.717, 1.165) is 0 Å². The van der Waals surface area contributed by atoms with E-state index in [1.54, 1.807) is 0 Å². The molecule has 21 rings (SSSR count). The van der Waals surface area contributed by atoms with Gasteiger partial charge in [-0.25, -0.2) is 0 Å². The third kappa shape index (κ3) is 13.5. The summed E-state index contributed by atoms with van der Waals surface area (Å²) in [6, 6.07) is 0. The number of rotatable bonds is 10. The third-order valence-electron chi connectivity index (χ3n) is 15.4. The lowest BCUT2D eigenvalue weighted by atomic mass is 9.95. The van der Waals surface area contributed by atoms with Crippen molar-refractivity contribution >= 4 is 0 Å².